The molecular formula is C21H23N3O2. The predicted molar refractivity (Wildman–Crippen MR) is 105 cm³/mol. The number of carbonyl (C=O) groups is 1. The van der Waals surface area contributed by atoms with Crippen molar-refractivity contribution in [3.05, 3.63) is 59.8 Å². The van der Waals surface area contributed by atoms with Gasteiger partial charge in [-0.1, -0.05) is 18.2 Å². The van der Waals surface area contributed by atoms with Crippen LogP contribution in [0.15, 0.2) is 48.7 Å². The number of hydrogen-bond donors (Lipinski definition) is 2. The molecule has 1 aromatic heterocycles. The molecule has 3 rings (SSSR count). The van der Waals surface area contributed by atoms with Crippen LogP contribution in [0, 0.1) is 6.92 Å². The van der Waals surface area contributed by atoms with Gasteiger partial charge in [0.1, 0.15) is 5.82 Å². The number of ether oxygens (including phenoxy) is 1. The first kappa shape index (κ1) is 17.9. The zero-order valence-electron chi connectivity index (χ0n) is 15.2. The number of nitrogens with one attached hydrogen (secondary N) is 1. The highest BCUT2D eigenvalue weighted by Gasteiger charge is 2.11. The van der Waals surface area contributed by atoms with E-state index in [4.69, 9.17) is 10.5 Å². The molecule has 0 aliphatic rings. The number of aromatic nitrogens is 1. The maximum atomic E-state index is 12.4. The molecule has 5 heteroatoms. The van der Waals surface area contributed by atoms with E-state index in [1.807, 2.05) is 50.2 Å². The first-order chi connectivity index (χ1) is 12.5. The van der Waals surface area contributed by atoms with Crippen LogP contribution >= 0.6 is 0 Å². The smallest absolute Gasteiger partial charge is 0.251 e. The van der Waals surface area contributed by atoms with Gasteiger partial charge in [0.05, 0.1) is 6.61 Å². The van der Waals surface area contributed by atoms with E-state index in [1.54, 1.807) is 13.3 Å². The van der Waals surface area contributed by atoms with E-state index in [2.05, 4.69) is 16.4 Å². The SMILES string of the molecule is COC[C@H](C)NC(=O)c1ccc2cc(-c3cnc(N)cc3C)ccc2c1. The van der Waals surface area contributed by atoms with Gasteiger partial charge in [0.2, 0.25) is 0 Å². The van der Waals surface area contributed by atoms with E-state index in [0.717, 1.165) is 27.5 Å². The monoisotopic (exact) mass is 349 g/mol. The van der Waals surface area contributed by atoms with E-state index >= 15 is 0 Å². The summed E-state index contributed by atoms with van der Waals surface area (Å²) in [6.07, 6.45) is 1.80. The molecule has 0 fully saturated rings. The molecule has 0 aliphatic carbocycles. The number of hydrogen-bond acceptors (Lipinski definition) is 4. The van der Waals surface area contributed by atoms with Crippen molar-refractivity contribution in [3.63, 3.8) is 0 Å². The van der Waals surface area contributed by atoms with Gasteiger partial charge in [-0.2, -0.15) is 0 Å². The highest BCUT2D eigenvalue weighted by molar-refractivity contribution is 5.99. The second-order valence-electron chi connectivity index (χ2n) is 6.53. The summed E-state index contributed by atoms with van der Waals surface area (Å²) < 4.78 is 5.06. The van der Waals surface area contributed by atoms with Crippen LogP contribution < -0.4 is 11.1 Å². The summed E-state index contributed by atoms with van der Waals surface area (Å²) >= 11 is 0. The van der Waals surface area contributed by atoms with Gasteiger partial charge < -0.3 is 15.8 Å². The number of methoxy groups -OCH3 is 1. The average molecular weight is 349 g/mol. The number of pyridine rings is 1. The number of fused-ring (bicyclic) bond motifs is 1. The van der Waals surface area contributed by atoms with E-state index in [0.29, 0.717) is 18.0 Å². The molecule has 3 aromatic rings. The zero-order chi connectivity index (χ0) is 18.7. The van der Waals surface area contributed by atoms with Crippen LogP contribution in [-0.4, -0.2) is 30.6 Å². The summed E-state index contributed by atoms with van der Waals surface area (Å²) in [7, 11) is 1.62. The van der Waals surface area contributed by atoms with E-state index in [9.17, 15) is 4.79 Å². The average Bonchev–Trinajstić information content (AvgIpc) is 2.61. The van der Waals surface area contributed by atoms with Gasteiger partial charge in [-0.3, -0.25) is 4.79 Å². The quantitative estimate of drug-likeness (QED) is 0.738. The summed E-state index contributed by atoms with van der Waals surface area (Å²) in [5.41, 5.74) is 9.59. The van der Waals surface area contributed by atoms with E-state index in [-0.39, 0.29) is 11.9 Å². The Labute approximate surface area is 153 Å². The molecule has 0 unspecified atom stereocenters. The van der Waals surface area contributed by atoms with Gasteiger partial charge in [0.15, 0.2) is 0 Å². The highest BCUT2D eigenvalue weighted by atomic mass is 16.5. The molecule has 0 saturated carbocycles. The Morgan fingerprint density at radius 3 is 2.65 bits per heavy atom. The Balaban J connectivity index is 1.89. The third-order valence-corrected chi connectivity index (χ3v) is 4.34. The standard InChI is InChI=1S/C21H23N3O2/c1-13-8-20(22)23-11-19(13)17-6-4-16-10-18(7-5-15(16)9-17)21(25)24-14(2)12-26-3/h4-11,14H,12H2,1-3H3,(H2,22,23)(H,24,25)/t14-/m0/s1. The number of nitrogens with zero attached hydrogens (tertiary/aromatic N) is 1. The lowest BCUT2D eigenvalue weighted by Crippen LogP contribution is -2.35. The molecular weight excluding hydrogens is 326 g/mol. The van der Waals surface area contributed by atoms with Gasteiger partial charge in [-0.25, -0.2) is 4.98 Å². The number of carbonyl (C=O) groups excluding carboxylic acids is 1. The van der Waals surface area contributed by atoms with Crippen molar-refractivity contribution in [2.24, 2.45) is 0 Å². The minimum atomic E-state index is -0.0981. The first-order valence-corrected chi connectivity index (χ1v) is 8.54. The number of aryl methyl sites for hydroxylation is 1. The Morgan fingerprint density at radius 1 is 1.19 bits per heavy atom. The molecule has 0 spiro atoms. The molecule has 1 amide bonds. The molecule has 5 nitrogen and oxygen atoms in total. The van der Waals surface area contributed by atoms with Crippen molar-refractivity contribution in [1.82, 2.24) is 10.3 Å². The Hall–Kier alpha value is -2.92. The topological polar surface area (TPSA) is 77.2 Å². The first-order valence-electron chi connectivity index (χ1n) is 8.54. The summed E-state index contributed by atoms with van der Waals surface area (Å²) in [4.78, 5) is 16.5. The predicted octanol–water partition coefficient (Wildman–Crippen LogP) is 3.56. The van der Waals surface area contributed by atoms with Crippen LogP contribution in [-0.2, 0) is 4.74 Å². The maximum Gasteiger partial charge on any atom is 0.251 e. The molecule has 1 heterocycles. The minimum Gasteiger partial charge on any atom is -0.384 e. The summed E-state index contributed by atoms with van der Waals surface area (Å²) in [6, 6.07) is 13.7. The largest absolute Gasteiger partial charge is 0.384 e. The lowest BCUT2D eigenvalue weighted by Gasteiger charge is -2.13. The fourth-order valence-corrected chi connectivity index (χ4v) is 3.03. The Kier molecular flexibility index (Phi) is 5.19. The van der Waals surface area contributed by atoms with Gasteiger partial charge in [0, 0.05) is 30.5 Å². The molecule has 0 radical (unpaired) electrons. The van der Waals surface area contributed by atoms with Crippen LogP contribution in [0.3, 0.4) is 0 Å². The van der Waals surface area contributed by atoms with Gasteiger partial charge in [0.25, 0.3) is 5.91 Å². The van der Waals surface area contributed by atoms with Crippen LogP contribution in [0.1, 0.15) is 22.8 Å². The van der Waals surface area contributed by atoms with Crippen LogP contribution in [0.25, 0.3) is 21.9 Å². The van der Waals surface area contributed by atoms with Crippen LogP contribution in [0.4, 0.5) is 5.82 Å². The number of nitrogen functional groups attached to an aromatic ring is 1. The van der Waals surface area contributed by atoms with Crippen LogP contribution in [0.5, 0.6) is 0 Å². The molecule has 26 heavy (non-hydrogen) atoms. The maximum absolute atomic E-state index is 12.4. The molecule has 1 atom stereocenters. The van der Waals surface area contributed by atoms with Crippen molar-refractivity contribution in [2.75, 3.05) is 19.5 Å². The Morgan fingerprint density at radius 2 is 1.92 bits per heavy atom. The fraction of sp³-hybridized carbons (Fsp3) is 0.238. The summed E-state index contributed by atoms with van der Waals surface area (Å²) in [5, 5.41) is 5.01. The van der Waals surface area contributed by atoms with Crippen molar-refractivity contribution in [2.45, 2.75) is 19.9 Å². The summed E-state index contributed by atoms with van der Waals surface area (Å²) in [6.45, 7) is 4.42. The van der Waals surface area contributed by atoms with Crippen molar-refractivity contribution >= 4 is 22.5 Å². The lowest BCUT2D eigenvalue weighted by atomic mass is 9.98. The second-order valence-corrected chi connectivity index (χ2v) is 6.53. The Bertz CT molecular complexity index is 953. The third-order valence-electron chi connectivity index (χ3n) is 4.34. The van der Waals surface area contributed by atoms with Gasteiger partial charge in [-0.15, -0.1) is 0 Å². The molecule has 2 aromatic carbocycles. The summed E-state index contributed by atoms with van der Waals surface area (Å²) in [5.74, 6) is 0.421. The van der Waals surface area contributed by atoms with E-state index < -0.39 is 0 Å². The van der Waals surface area contributed by atoms with E-state index in [1.165, 1.54) is 0 Å². The minimum absolute atomic E-state index is 0.0356. The second kappa shape index (κ2) is 7.54. The number of benzene rings is 2. The van der Waals surface area contributed by atoms with Gasteiger partial charge in [-0.05, 0) is 60.0 Å². The van der Waals surface area contributed by atoms with Crippen molar-refractivity contribution in [1.29, 1.82) is 0 Å². The highest BCUT2D eigenvalue weighted by Crippen LogP contribution is 2.27. The molecule has 3 N–H and O–H groups in total. The van der Waals surface area contributed by atoms with Crippen molar-refractivity contribution in [3.8, 4) is 11.1 Å². The lowest BCUT2D eigenvalue weighted by molar-refractivity contribution is 0.0905. The normalized spacial score (nSPS) is 12.1. The molecule has 0 aliphatic heterocycles. The zero-order valence-corrected chi connectivity index (χ0v) is 15.2. The molecule has 0 saturated heterocycles. The van der Waals surface area contributed by atoms with Gasteiger partial charge >= 0.3 is 0 Å². The molecule has 0 bridgehead atoms. The fourth-order valence-electron chi connectivity index (χ4n) is 3.03. The van der Waals surface area contributed by atoms with Crippen molar-refractivity contribution < 1.29 is 9.53 Å². The van der Waals surface area contributed by atoms with Crippen LogP contribution in [0.2, 0.25) is 0 Å². The number of anilines is 1. The molecule has 134 valence electrons. The number of rotatable bonds is 5. The number of amides is 1. The number of nitrogens with two attached hydrogens (primary N) is 1. The third kappa shape index (κ3) is 3.83.